The summed E-state index contributed by atoms with van der Waals surface area (Å²) in [6.07, 6.45) is 2.92. The van der Waals surface area contributed by atoms with Gasteiger partial charge in [-0.1, -0.05) is 54.6 Å². The number of hydrogen-bond acceptors (Lipinski definition) is 4. The van der Waals surface area contributed by atoms with Crippen molar-refractivity contribution in [2.24, 2.45) is 0 Å². The number of fused-ring (bicyclic) bond motifs is 1. The van der Waals surface area contributed by atoms with E-state index < -0.39 is 5.41 Å². The molecule has 1 amide bonds. The molecule has 2 atom stereocenters. The summed E-state index contributed by atoms with van der Waals surface area (Å²) >= 11 is 0. The average Bonchev–Trinajstić information content (AvgIpc) is 3.30. The van der Waals surface area contributed by atoms with Crippen molar-refractivity contribution >= 4 is 28.3 Å². The molecule has 2 aliphatic heterocycles. The summed E-state index contributed by atoms with van der Waals surface area (Å²) in [7, 11) is 1.38. The van der Waals surface area contributed by atoms with Crippen LogP contribution in [-0.4, -0.2) is 43.0 Å². The molecule has 5 heteroatoms. The first-order valence-corrected chi connectivity index (χ1v) is 12.6. The lowest BCUT2D eigenvalue weighted by molar-refractivity contribution is -0.144. The molecule has 0 bridgehead atoms. The maximum Gasteiger partial charge on any atom is 0.306 e. The van der Waals surface area contributed by atoms with Gasteiger partial charge in [-0.05, 0) is 66.6 Å². The molecule has 2 unspecified atom stereocenters. The highest BCUT2D eigenvalue weighted by molar-refractivity contribution is 6.09. The van der Waals surface area contributed by atoms with Crippen molar-refractivity contribution in [1.29, 1.82) is 0 Å². The fourth-order valence-corrected chi connectivity index (χ4v) is 6.92. The lowest BCUT2D eigenvalue weighted by Crippen LogP contribution is -2.54. The first-order chi connectivity index (χ1) is 16.9. The van der Waals surface area contributed by atoms with Crippen LogP contribution < -0.4 is 4.90 Å². The number of likely N-dealkylation sites (tertiary alicyclic amines) is 1. The Balaban J connectivity index is 1.26. The zero-order valence-electron chi connectivity index (χ0n) is 20.7. The lowest BCUT2D eigenvalue weighted by Gasteiger charge is -2.45. The molecule has 6 rings (SSSR count). The van der Waals surface area contributed by atoms with E-state index in [-0.39, 0.29) is 29.9 Å². The SMILES string of the molecule is COC(=O)CC1(C)C(=O)N(C2CCN(C3(C)Cc4cccc5cccc3c45)CC2)c2ccccc21. The average molecular weight is 469 g/mol. The van der Waals surface area contributed by atoms with Gasteiger partial charge in [-0.2, -0.15) is 0 Å². The Morgan fingerprint density at radius 3 is 2.40 bits per heavy atom. The Morgan fingerprint density at radius 1 is 0.971 bits per heavy atom. The van der Waals surface area contributed by atoms with Crippen LogP contribution in [0, 0.1) is 0 Å². The van der Waals surface area contributed by atoms with Gasteiger partial charge in [0.15, 0.2) is 0 Å². The summed E-state index contributed by atoms with van der Waals surface area (Å²) in [5.74, 6) is -0.331. The highest BCUT2D eigenvalue weighted by Gasteiger charge is 2.51. The second-order valence-corrected chi connectivity index (χ2v) is 10.8. The van der Waals surface area contributed by atoms with Gasteiger partial charge < -0.3 is 9.64 Å². The fourth-order valence-electron chi connectivity index (χ4n) is 6.92. The van der Waals surface area contributed by atoms with Gasteiger partial charge in [-0.15, -0.1) is 0 Å². The van der Waals surface area contributed by atoms with E-state index in [0.29, 0.717) is 0 Å². The summed E-state index contributed by atoms with van der Waals surface area (Å²) in [6.45, 7) is 6.14. The van der Waals surface area contributed by atoms with Crippen LogP contribution in [0.1, 0.15) is 49.8 Å². The number of esters is 1. The van der Waals surface area contributed by atoms with Crippen LogP contribution in [-0.2, 0) is 31.7 Å². The van der Waals surface area contributed by atoms with Crippen LogP contribution in [0.2, 0.25) is 0 Å². The number of anilines is 1. The maximum absolute atomic E-state index is 13.8. The van der Waals surface area contributed by atoms with E-state index in [1.54, 1.807) is 0 Å². The molecule has 3 aliphatic rings. The quantitative estimate of drug-likeness (QED) is 0.509. The summed E-state index contributed by atoms with van der Waals surface area (Å²) in [5, 5.41) is 2.74. The van der Waals surface area contributed by atoms with Crippen molar-refractivity contribution < 1.29 is 14.3 Å². The highest BCUT2D eigenvalue weighted by Crippen LogP contribution is 2.48. The first kappa shape index (κ1) is 22.3. The molecule has 2 heterocycles. The number of methoxy groups -OCH3 is 1. The molecule has 1 saturated heterocycles. The van der Waals surface area contributed by atoms with Gasteiger partial charge in [0, 0.05) is 30.4 Å². The number of benzene rings is 3. The molecular weight excluding hydrogens is 436 g/mol. The van der Waals surface area contributed by atoms with Gasteiger partial charge in [-0.25, -0.2) is 0 Å². The van der Waals surface area contributed by atoms with Crippen molar-refractivity contribution in [1.82, 2.24) is 4.90 Å². The van der Waals surface area contributed by atoms with E-state index in [4.69, 9.17) is 4.74 Å². The summed E-state index contributed by atoms with van der Waals surface area (Å²) in [4.78, 5) is 30.6. The van der Waals surface area contributed by atoms with E-state index in [1.165, 1.54) is 29.0 Å². The smallest absolute Gasteiger partial charge is 0.306 e. The topological polar surface area (TPSA) is 49.9 Å². The number of piperidine rings is 1. The highest BCUT2D eigenvalue weighted by atomic mass is 16.5. The van der Waals surface area contributed by atoms with Crippen molar-refractivity contribution in [2.45, 2.75) is 56.5 Å². The zero-order valence-corrected chi connectivity index (χ0v) is 20.7. The number of rotatable bonds is 4. The van der Waals surface area contributed by atoms with Crippen molar-refractivity contribution in [2.75, 3.05) is 25.1 Å². The van der Waals surface area contributed by atoms with E-state index in [9.17, 15) is 9.59 Å². The Labute approximate surface area is 206 Å². The predicted molar refractivity (Wildman–Crippen MR) is 138 cm³/mol. The van der Waals surface area contributed by atoms with Crippen LogP contribution in [0.15, 0.2) is 60.7 Å². The van der Waals surface area contributed by atoms with Gasteiger partial charge in [-0.3, -0.25) is 14.5 Å². The molecule has 0 radical (unpaired) electrons. The van der Waals surface area contributed by atoms with Gasteiger partial charge >= 0.3 is 5.97 Å². The van der Waals surface area contributed by atoms with Crippen LogP contribution in [0.5, 0.6) is 0 Å². The largest absolute Gasteiger partial charge is 0.469 e. The van der Waals surface area contributed by atoms with Crippen molar-refractivity contribution in [3.05, 3.63) is 77.4 Å². The zero-order chi connectivity index (χ0) is 24.4. The molecular formula is C30H32N2O3. The number of nitrogens with zero attached hydrogens (tertiary/aromatic N) is 2. The number of carbonyl (C=O) groups excluding carboxylic acids is 2. The van der Waals surface area contributed by atoms with Crippen LogP contribution in [0.25, 0.3) is 10.8 Å². The molecule has 180 valence electrons. The Morgan fingerprint density at radius 2 is 1.66 bits per heavy atom. The first-order valence-electron chi connectivity index (χ1n) is 12.6. The predicted octanol–water partition coefficient (Wildman–Crippen LogP) is 4.94. The van der Waals surface area contributed by atoms with Crippen LogP contribution in [0.3, 0.4) is 0 Å². The third-order valence-corrected chi connectivity index (χ3v) is 8.81. The molecule has 0 spiro atoms. The Kier molecular flexibility index (Phi) is 5.05. The lowest BCUT2D eigenvalue weighted by atomic mass is 9.80. The third-order valence-electron chi connectivity index (χ3n) is 8.81. The normalized spacial score (nSPS) is 26.4. The van der Waals surface area contributed by atoms with E-state index >= 15 is 0 Å². The third kappa shape index (κ3) is 3.17. The molecule has 3 aromatic carbocycles. The number of ether oxygens (including phenoxy) is 1. The molecule has 5 nitrogen and oxygen atoms in total. The molecule has 0 aromatic heterocycles. The van der Waals surface area contributed by atoms with Crippen LogP contribution >= 0.6 is 0 Å². The summed E-state index contributed by atoms with van der Waals surface area (Å²) in [5.41, 5.74) is 3.84. The van der Waals surface area contributed by atoms with Crippen molar-refractivity contribution in [3.63, 3.8) is 0 Å². The second-order valence-electron chi connectivity index (χ2n) is 10.8. The minimum atomic E-state index is -0.879. The van der Waals surface area contributed by atoms with Gasteiger partial charge in [0.2, 0.25) is 5.91 Å². The van der Waals surface area contributed by atoms with E-state index in [0.717, 1.165) is 43.6 Å². The van der Waals surface area contributed by atoms with E-state index in [1.807, 2.05) is 36.1 Å². The van der Waals surface area contributed by atoms with E-state index in [2.05, 4.69) is 48.2 Å². The van der Waals surface area contributed by atoms with Crippen molar-refractivity contribution in [3.8, 4) is 0 Å². The molecule has 1 fully saturated rings. The standard InChI is InChI=1S/C30H32N2O3/c1-29(19-26(33)35-3)23-11-4-5-13-25(23)32(28(29)34)22-14-16-31(17-15-22)30(2)18-21-10-6-8-20-9-7-12-24(30)27(20)21/h4-13,22H,14-19H2,1-3H3. The summed E-state index contributed by atoms with van der Waals surface area (Å²) in [6, 6.07) is 21.4. The van der Waals surface area contributed by atoms with Gasteiger partial charge in [0.05, 0.1) is 18.9 Å². The van der Waals surface area contributed by atoms with Gasteiger partial charge in [0.1, 0.15) is 0 Å². The minimum Gasteiger partial charge on any atom is -0.469 e. The fraction of sp³-hybridized carbons (Fsp3) is 0.400. The Bertz CT molecular complexity index is 1340. The molecule has 3 aromatic rings. The van der Waals surface area contributed by atoms with Gasteiger partial charge in [0.25, 0.3) is 0 Å². The minimum absolute atomic E-state index is 0.0202. The molecule has 0 saturated carbocycles. The molecule has 0 N–H and O–H groups in total. The number of amides is 1. The second kappa shape index (κ2) is 7.92. The molecule has 1 aliphatic carbocycles. The maximum atomic E-state index is 13.8. The number of carbonyl (C=O) groups is 2. The Hall–Kier alpha value is -3.18. The number of para-hydroxylation sites is 1. The monoisotopic (exact) mass is 468 g/mol. The summed E-state index contributed by atoms with van der Waals surface area (Å²) < 4.78 is 4.94. The van der Waals surface area contributed by atoms with Crippen LogP contribution in [0.4, 0.5) is 5.69 Å². The number of hydrogen-bond donors (Lipinski definition) is 0. The molecule has 35 heavy (non-hydrogen) atoms.